The second kappa shape index (κ2) is 8.75. The topological polar surface area (TPSA) is 75.8 Å². The van der Waals surface area contributed by atoms with Gasteiger partial charge in [0.05, 0.1) is 26.8 Å². The number of benzene rings is 3. The molecule has 0 aromatic heterocycles. The predicted molar refractivity (Wildman–Crippen MR) is 124 cm³/mol. The Kier molecular flexibility index (Phi) is 5.88. The zero-order valence-electron chi connectivity index (χ0n) is 16.4. The molecule has 1 amide bonds. The van der Waals surface area contributed by atoms with Gasteiger partial charge in [0.15, 0.2) is 0 Å². The lowest BCUT2D eigenvalue weighted by atomic mass is 10.1. The van der Waals surface area contributed by atoms with Gasteiger partial charge < -0.3 is 0 Å². The van der Waals surface area contributed by atoms with Crippen molar-refractivity contribution in [2.75, 3.05) is 5.01 Å². The molecule has 0 aliphatic carbocycles. The number of anilines is 1. The first-order valence-corrected chi connectivity index (χ1v) is 10.5. The van der Waals surface area contributed by atoms with Gasteiger partial charge in [-0.2, -0.15) is 10.1 Å². The summed E-state index contributed by atoms with van der Waals surface area (Å²) < 4.78 is 0. The molecule has 0 fully saturated rings. The summed E-state index contributed by atoms with van der Waals surface area (Å²) in [5, 5.41) is 17.9. The number of hydrazone groups is 1. The Morgan fingerprint density at radius 2 is 1.77 bits per heavy atom. The molecule has 0 N–H and O–H groups in total. The molecule has 0 unspecified atom stereocenters. The van der Waals surface area contributed by atoms with Crippen LogP contribution in [0.5, 0.6) is 0 Å². The van der Waals surface area contributed by atoms with E-state index < -0.39 is 4.92 Å². The highest BCUT2D eigenvalue weighted by Crippen LogP contribution is 2.36. The van der Waals surface area contributed by atoms with Gasteiger partial charge in [-0.3, -0.25) is 14.9 Å². The van der Waals surface area contributed by atoms with E-state index in [9.17, 15) is 14.9 Å². The molecule has 0 bridgehead atoms. The SMILES string of the molecule is CC1=NN(c2ccccc2)C(=O)/C1=C\c1ccc(Sc2ccc(Cl)cc2)c([N+](=O)[O-])c1. The highest BCUT2D eigenvalue weighted by atomic mass is 35.5. The normalized spacial score (nSPS) is 14.8. The van der Waals surface area contributed by atoms with Crippen LogP contribution in [0.1, 0.15) is 12.5 Å². The Balaban J connectivity index is 1.64. The number of nitro benzene ring substituents is 1. The summed E-state index contributed by atoms with van der Waals surface area (Å²) in [6.07, 6.45) is 1.63. The van der Waals surface area contributed by atoms with Gasteiger partial charge in [0.25, 0.3) is 11.6 Å². The summed E-state index contributed by atoms with van der Waals surface area (Å²) in [6, 6.07) is 21.1. The van der Waals surface area contributed by atoms with E-state index in [1.807, 2.05) is 30.3 Å². The van der Waals surface area contributed by atoms with Crippen molar-refractivity contribution in [3.8, 4) is 0 Å². The standard InChI is InChI=1S/C23H16ClN3O3S/c1-15-20(23(28)26(25-15)18-5-3-2-4-6-18)13-16-7-12-22(21(14-16)27(29)30)31-19-10-8-17(24)9-11-19/h2-14H,1H3/b20-13-. The van der Waals surface area contributed by atoms with Crippen molar-refractivity contribution in [3.63, 3.8) is 0 Å². The average molecular weight is 450 g/mol. The molecule has 0 saturated carbocycles. The third-order valence-corrected chi connectivity index (χ3v) is 5.92. The first-order valence-electron chi connectivity index (χ1n) is 9.31. The summed E-state index contributed by atoms with van der Waals surface area (Å²) in [4.78, 5) is 25.5. The van der Waals surface area contributed by atoms with Crippen molar-refractivity contribution in [2.45, 2.75) is 16.7 Å². The molecule has 0 saturated heterocycles. The maximum atomic E-state index is 12.9. The molecule has 0 radical (unpaired) electrons. The number of para-hydroxylation sites is 1. The van der Waals surface area contributed by atoms with E-state index in [0.717, 1.165) is 4.90 Å². The van der Waals surface area contributed by atoms with E-state index in [1.54, 1.807) is 49.4 Å². The maximum absolute atomic E-state index is 12.9. The van der Waals surface area contributed by atoms with Crippen LogP contribution in [0.4, 0.5) is 11.4 Å². The fourth-order valence-corrected chi connectivity index (χ4v) is 4.10. The van der Waals surface area contributed by atoms with E-state index in [0.29, 0.717) is 32.5 Å². The van der Waals surface area contributed by atoms with E-state index in [2.05, 4.69) is 5.10 Å². The number of halogens is 1. The van der Waals surface area contributed by atoms with Crippen molar-refractivity contribution >= 4 is 52.4 Å². The Labute approximate surface area is 188 Å². The van der Waals surface area contributed by atoms with Crippen molar-refractivity contribution in [2.24, 2.45) is 5.10 Å². The minimum absolute atomic E-state index is 0.0331. The molecule has 1 aliphatic heterocycles. The van der Waals surface area contributed by atoms with Crippen molar-refractivity contribution in [1.29, 1.82) is 0 Å². The van der Waals surface area contributed by atoms with Gasteiger partial charge in [0.2, 0.25) is 0 Å². The monoisotopic (exact) mass is 449 g/mol. The molecule has 8 heteroatoms. The Hall–Kier alpha value is -3.42. The maximum Gasteiger partial charge on any atom is 0.283 e. The molecule has 4 rings (SSSR count). The Morgan fingerprint density at radius 1 is 1.06 bits per heavy atom. The van der Waals surface area contributed by atoms with Gasteiger partial charge in [0.1, 0.15) is 0 Å². The molecule has 3 aromatic rings. The number of nitro groups is 1. The van der Waals surface area contributed by atoms with Crippen LogP contribution in [0.2, 0.25) is 5.02 Å². The lowest BCUT2D eigenvalue weighted by Crippen LogP contribution is -2.21. The van der Waals surface area contributed by atoms with Crippen LogP contribution < -0.4 is 5.01 Å². The number of rotatable bonds is 5. The number of amides is 1. The first-order chi connectivity index (χ1) is 14.9. The molecule has 6 nitrogen and oxygen atoms in total. The van der Waals surface area contributed by atoms with Crippen LogP contribution in [0.15, 0.2) is 93.3 Å². The number of nitrogens with zero attached hydrogens (tertiary/aromatic N) is 3. The molecular weight excluding hydrogens is 434 g/mol. The zero-order chi connectivity index (χ0) is 22.0. The first kappa shape index (κ1) is 20.8. The van der Waals surface area contributed by atoms with Gasteiger partial charge in [-0.25, -0.2) is 0 Å². The van der Waals surface area contributed by atoms with Crippen molar-refractivity contribution in [1.82, 2.24) is 0 Å². The van der Waals surface area contributed by atoms with E-state index in [-0.39, 0.29) is 11.6 Å². The largest absolute Gasteiger partial charge is 0.283 e. The van der Waals surface area contributed by atoms with E-state index in [4.69, 9.17) is 11.6 Å². The number of hydrogen-bond donors (Lipinski definition) is 0. The third-order valence-electron chi connectivity index (χ3n) is 4.60. The summed E-state index contributed by atoms with van der Waals surface area (Å²) >= 11 is 7.19. The minimum Gasteiger partial charge on any atom is -0.267 e. The predicted octanol–water partition coefficient (Wildman–Crippen LogP) is 6.21. The molecule has 0 atom stereocenters. The minimum atomic E-state index is -0.423. The van der Waals surface area contributed by atoms with E-state index >= 15 is 0 Å². The molecule has 0 spiro atoms. The molecule has 3 aromatic carbocycles. The molecule has 31 heavy (non-hydrogen) atoms. The smallest absolute Gasteiger partial charge is 0.267 e. The summed E-state index contributed by atoms with van der Waals surface area (Å²) in [6.45, 7) is 1.74. The van der Waals surface area contributed by atoms with Crippen LogP contribution in [0.3, 0.4) is 0 Å². The number of hydrogen-bond acceptors (Lipinski definition) is 5. The van der Waals surface area contributed by atoms with Crippen LogP contribution >= 0.6 is 23.4 Å². The molecule has 1 heterocycles. The lowest BCUT2D eigenvalue weighted by molar-refractivity contribution is -0.387. The van der Waals surface area contributed by atoms with Gasteiger partial charge in [-0.1, -0.05) is 47.6 Å². The van der Waals surface area contributed by atoms with Gasteiger partial charge >= 0.3 is 0 Å². The fraction of sp³-hybridized carbons (Fsp3) is 0.0435. The van der Waals surface area contributed by atoms with Crippen molar-refractivity contribution < 1.29 is 9.72 Å². The van der Waals surface area contributed by atoms with Gasteiger partial charge in [0, 0.05) is 16.0 Å². The van der Waals surface area contributed by atoms with Crippen LogP contribution in [0.25, 0.3) is 6.08 Å². The van der Waals surface area contributed by atoms with Gasteiger partial charge in [-0.05, 0) is 61.0 Å². The highest BCUT2D eigenvalue weighted by Gasteiger charge is 2.28. The molecule has 154 valence electrons. The van der Waals surface area contributed by atoms with E-state index in [1.165, 1.54) is 22.8 Å². The summed E-state index contributed by atoms with van der Waals surface area (Å²) in [5.74, 6) is -0.272. The zero-order valence-corrected chi connectivity index (χ0v) is 17.9. The summed E-state index contributed by atoms with van der Waals surface area (Å²) in [7, 11) is 0. The molecular formula is C23H16ClN3O3S. The Bertz CT molecular complexity index is 1220. The van der Waals surface area contributed by atoms with Crippen LogP contribution in [-0.4, -0.2) is 16.5 Å². The second-order valence-electron chi connectivity index (χ2n) is 6.74. The second-order valence-corrected chi connectivity index (χ2v) is 8.29. The fourth-order valence-electron chi connectivity index (χ4n) is 3.08. The lowest BCUT2D eigenvalue weighted by Gasteiger charge is -2.11. The summed E-state index contributed by atoms with van der Waals surface area (Å²) in [5.41, 5.74) is 2.14. The molecule has 1 aliphatic rings. The number of carbonyl (C=O) groups excluding carboxylic acids is 1. The van der Waals surface area contributed by atoms with Gasteiger partial charge in [-0.15, -0.1) is 0 Å². The van der Waals surface area contributed by atoms with Crippen LogP contribution in [0, 0.1) is 10.1 Å². The quantitative estimate of drug-likeness (QED) is 0.264. The average Bonchev–Trinajstić information content (AvgIpc) is 3.05. The number of carbonyl (C=O) groups is 1. The Morgan fingerprint density at radius 3 is 2.45 bits per heavy atom. The van der Waals surface area contributed by atoms with Crippen LogP contribution in [-0.2, 0) is 4.79 Å². The highest BCUT2D eigenvalue weighted by molar-refractivity contribution is 7.99. The van der Waals surface area contributed by atoms with Crippen molar-refractivity contribution in [3.05, 3.63) is 99.1 Å². The third kappa shape index (κ3) is 4.52.